The molecule has 2 aromatic rings. The molecular weight excluding hydrogens is 322 g/mol. The van der Waals surface area contributed by atoms with E-state index in [0.717, 1.165) is 16.8 Å². The van der Waals surface area contributed by atoms with Crippen LogP contribution in [0.15, 0.2) is 66.7 Å². The topological polar surface area (TPSA) is 37.4 Å². The number of imide groups is 1. The highest BCUT2D eigenvalue weighted by Crippen LogP contribution is 2.65. The third kappa shape index (κ3) is 1.73. The third-order valence-corrected chi connectivity index (χ3v) is 6.89. The molecule has 2 amide bonds. The van der Waals surface area contributed by atoms with Gasteiger partial charge in [-0.2, -0.15) is 0 Å². The summed E-state index contributed by atoms with van der Waals surface area (Å²) in [5, 5.41) is 0. The Kier molecular flexibility index (Phi) is 2.75. The van der Waals surface area contributed by atoms with Gasteiger partial charge in [0.1, 0.15) is 0 Å². The van der Waals surface area contributed by atoms with Crippen molar-refractivity contribution in [1.29, 1.82) is 0 Å². The summed E-state index contributed by atoms with van der Waals surface area (Å²) in [5.74, 6) is 1.51. The molecule has 0 radical (unpaired) electrons. The Morgan fingerprint density at radius 2 is 1.31 bits per heavy atom. The molecule has 3 nitrogen and oxygen atoms in total. The van der Waals surface area contributed by atoms with Gasteiger partial charge in [-0.15, -0.1) is 0 Å². The van der Waals surface area contributed by atoms with Gasteiger partial charge in [-0.05, 0) is 41.7 Å². The van der Waals surface area contributed by atoms with Crippen LogP contribution in [0.1, 0.15) is 6.42 Å². The third-order valence-electron chi connectivity index (χ3n) is 6.89. The maximum absolute atomic E-state index is 13.4. The van der Waals surface area contributed by atoms with E-state index in [9.17, 15) is 9.59 Å². The number of benzene rings is 2. The lowest BCUT2D eigenvalue weighted by Crippen LogP contribution is -2.40. The molecular formula is C23H19NO2. The van der Waals surface area contributed by atoms with E-state index in [1.54, 1.807) is 0 Å². The highest BCUT2D eigenvalue weighted by atomic mass is 16.2. The van der Waals surface area contributed by atoms with Crippen LogP contribution in [0.25, 0.3) is 11.1 Å². The average molecular weight is 341 g/mol. The monoisotopic (exact) mass is 341 g/mol. The van der Waals surface area contributed by atoms with Crippen LogP contribution in [0.5, 0.6) is 0 Å². The van der Waals surface area contributed by atoms with Crippen LogP contribution < -0.4 is 4.90 Å². The second-order valence-corrected chi connectivity index (χ2v) is 8.05. The summed E-state index contributed by atoms with van der Waals surface area (Å²) >= 11 is 0. The van der Waals surface area contributed by atoms with Gasteiger partial charge in [-0.3, -0.25) is 9.59 Å². The molecule has 7 rings (SSSR count). The largest absolute Gasteiger partial charge is 0.274 e. The van der Waals surface area contributed by atoms with Crippen molar-refractivity contribution in [3.8, 4) is 11.1 Å². The van der Waals surface area contributed by atoms with Crippen molar-refractivity contribution in [1.82, 2.24) is 0 Å². The number of carbonyl (C=O) groups excluding carboxylic acids is 2. The predicted molar refractivity (Wildman–Crippen MR) is 99.1 cm³/mol. The number of nitrogens with zero attached hydrogens (tertiary/aromatic N) is 1. The average Bonchev–Trinajstić information content (AvgIpc) is 3.47. The predicted octanol–water partition coefficient (Wildman–Crippen LogP) is 3.91. The van der Waals surface area contributed by atoms with Gasteiger partial charge in [0.15, 0.2) is 0 Å². The van der Waals surface area contributed by atoms with E-state index in [-0.39, 0.29) is 35.5 Å². The summed E-state index contributed by atoms with van der Waals surface area (Å²) in [6.07, 6.45) is 5.63. The van der Waals surface area contributed by atoms with E-state index in [2.05, 4.69) is 12.2 Å². The molecule has 6 atom stereocenters. The maximum atomic E-state index is 13.4. The number of rotatable bonds is 2. The summed E-state index contributed by atoms with van der Waals surface area (Å²) in [5.41, 5.74) is 2.71. The lowest BCUT2D eigenvalue weighted by Gasteiger charge is -2.37. The van der Waals surface area contributed by atoms with E-state index < -0.39 is 0 Å². The van der Waals surface area contributed by atoms with Gasteiger partial charge >= 0.3 is 0 Å². The molecule has 5 aliphatic rings. The highest BCUT2D eigenvalue weighted by molar-refractivity contribution is 6.24. The van der Waals surface area contributed by atoms with Gasteiger partial charge < -0.3 is 0 Å². The molecule has 0 N–H and O–H groups in total. The Labute approximate surface area is 152 Å². The number of hydrogen-bond donors (Lipinski definition) is 0. The Hall–Kier alpha value is -2.68. The highest BCUT2D eigenvalue weighted by Gasteiger charge is 2.67. The Balaban J connectivity index is 1.47. The molecule has 0 aromatic heterocycles. The van der Waals surface area contributed by atoms with Gasteiger partial charge in [-0.1, -0.05) is 60.7 Å². The lowest BCUT2D eigenvalue weighted by atomic mass is 9.63. The molecule has 3 heteroatoms. The fourth-order valence-corrected chi connectivity index (χ4v) is 5.72. The number of allylic oxidation sites excluding steroid dienone is 2. The van der Waals surface area contributed by atoms with Gasteiger partial charge in [0, 0.05) is 5.56 Å². The van der Waals surface area contributed by atoms with E-state index in [0.29, 0.717) is 11.8 Å². The van der Waals surface area contributed by atoms with Crippen LogP contribution >= 0.6 is 0 Å². The van der Waals surface area contributed by atoms with Crippen molar-refractivity contribution < 1.29 is 9.59 Å². The fraction of sp³-hybridized carbons (Fsp3) is 0.304. The minimum absolute atomic E-state index is 0.00748. The first-order valence-electron chi connectivity index (χ1n) is 9.46. The van der Waals surface area contributed by atoms with Crippen molar-refractivity contribution in [2.45, 2.75) is 6.42 Å². The zero-order valence-electron chi connectivity index (χ0n) is 14.3. The summed E-state index contributed by atoms with van der Waals surface area (Å²) in [4.78, 5) is 28.2. The number of hydrogen-bond acceptors (Lipinski definition) is 2. The molecule has 1 saturated heterocycles. The summed E-state index contributed by atoms with van der Waals surface area (Å²) < 4.78 is 0. The minimum atomic E-state index is -0.148. The van der Waals surface area contributed by atoms with E-state index in [1.165, 1.54) is 11.3 Å². The molecule has 1 heterocycles. The zero-order chi connectivity index (χ0) is 17.4. The molecule has 2 aromatic carbocycles. The zero-order valence-corrected chi connectivity index (χ0v) is 14.3. The van der Waals surface area contributed by atoms with Crippen LogP contribution in [0.3, 0.4) is 0 Å². The number of anilines is 1. The first-order valence-corrected chi connectivity index (χ1v) is 9.46. The second-order valence-electron chi connectivity index (χ2n) is 8.05. The van der Waals surface area contributed by atoms with E-state index >= 15 is 0 Å². The molecule has 4 aliphatic carbocycles. The quantitative estimate of drug-likeness (QED) is 0.613. The number of carbonyl (C=O) groups is 2. The molecule has 26 heavy (non-hydrogen) atoms. The SMILES string of the molecule is O=C1[C@@H]2[C@@H]3C=C[C@H]([C@@H]4C[C@H]34)[C@@H]2C(=O)N1c1ccccc1-c1ccccc1. The summed E-state index contributed by atoms with van der Waals surface area (Å²) in [6, 6.07) is 17.8. The van der Waals surface area contributed by atoms with E-state index in [1.807, 2.05) is 54.6 Å². The first kappa shape index (κ1) is 14.5. The molecule has 128 valence electrons. The lowest BCUT2D eigenvalue weighted by molar-refractivity contribution is -0.124. The number of para-hydroxylation sites is 1. The Morgan fingerprint density at radius 1 is 0.731 bits per heavy atom. The first-order chi connectivity index (χ1) is 12.8. The molecule has 1 aliphatic heterocycles. The smallest absolute Gasteiger partial charge is 0.238 e. The van der Waals surface area contributed by atoms with E-state index in [4.69, 9.17) is 0 Å². The van der Waals surface area contributed by atoms with Crippen molar-refractivity contribution >= 4 is 17.5 Å². The van der Waals surface area contributed by atoms with Crippen molar-refractivity contribution in [3.05, 3.63) is 66.7 Å². The maximum Gasteiger partial charge on any atom is 0.238 e. The summed E-state index contributed by atoms with van der Waals surface area (Å²) in [6.45, 7) is 0. The van der Waals surface area contributed by atoms with Crippen molar-refractivity contribution in [2.24, 2.45) is 35.5 Å². The molecule has 0 spiro atoms. The normalized spacial score (nSPS) is 36.2. The van der Waals surface area contributed by atoms with Gasteiger partial charge in [0.25, 0.3) is 0 Å². The minimum Gasteiger partial charge on any atom is -0.274 e. The second kappa shape index (κ2) is 4.94. The van der Waals surface area contributed by atoms with Crippen LogP contribution in [-0.2, 0) is 9.59 Å². The van der Waals surface area contributed by atoms with Gasteiger partial charge in [-0.25, -0.2) is 4.90 Å². The molecule has 0 unspecified atom stereocenters. The van der Waals surface area contributed by atoms with Gasteiger partial charge in [0.05, 0.1) is 17.5 Å². The van der Waals surface area contributed by atoms with Gasteiger partial charge in [0.2, 0.25) is 11.8 Å². The Bertz CT molecular complexity index is 927. The summed E-state index contributed by atoms with van der Waals surface area (Å²) in [7, 11) is 0. The Morgan fingerprint density at radius 3 is 1.96 bits per heavy atom. The van der Waals surface area contributed by atoms with Crippen LogP contribution in [0.4, 0.5) is 5.69 Å². The molecule has 2 bridgehead atoms. The van der Waals surface area contributed by atoms with Crippen molar-refractivity contribution in [2.75, 3.05) is 4.90 Å². The van der Waals surface area contributed by atoms with Crippen molar-refractivity contribution in [3.63, 3.8) is 0 Å². The van der Waals surface area contributed by atoms with Crippen LogP contribution in [-0.4, -0.2) is 11.8 Å². The fourth-order valence-electron chi connectivity index (χ4n) is 5.72. The van der Waals surface area contributed by atoms with Crippen LogP contribution in [0, 0.1) is 35.5 Å². The standard InChI is InChI=1S/C23H19NO2/c25-22-20-15-10-11-16(18-12-17(15)18)21(20)23(26)24(22)19-9-5-4-8-14(19)13-6-2-1-3-7-13/h1-11,15-18,20-21H,12H2/t15-,16-,17-,18+,20-,21+/m1/s1. The van der Waals surface area contributed by atoms with Crippen LogP contribution in [0.2, 0.25) is 0 Å². The number of amides is 2. The molecule has 3 fully saturated rings. The molecule has 2 saturated carbocycles.